The number of rotatable bonds is 9. The first-order chi connectivity index (χ1) is 14.7. The maximum Gasteiger partial charge on any atom is 0.225 e. The van der Waals surface area contributed by atoms with E-state index in [2.05, 4.69) is 36.9 Å². The van der Waals surface area contributed by atoms with Crippen molar-refractivity contribution in [3.05, 3.63) is 65.6 Å². The Morgan fingerprint density at radius 2 is 2.07 bits per heavy atom. The van der Waals surface area contributed by atoms with Crippen molar-refractivity contribution in [2.45, 2.75) is 25.9 Å². The Balaban J connectivity index is 1.68. The molecule has 0 aliphatic carbocycles. The molecule has 2 aromatic heterocycles. The van der Waals surface area contributed by atoms with Crippen LogP contribution in [0.2, 0.25) is 0 Å². The third kappa shape index (κ3) is 5.72. The van der Waals surface area contributed by atoms with Crippen LogP contribution >= 0.6 is 0 Å². The molecule has 0 bridgehead atoms. The fraction of sp³-hybridized carbons (Fsp3) is 0.238. The van der Waals surface area contributed by atoms with Gasteiger partial charge in [0.25, 0.3) is 0 Å². The Morgan fingerprint density at radius 1 is 1.23 bits per heavy atom. The normalized spacial score (nSPS) is 11.0. The van der Waals surface area contributed by atoms with Gasteiger partial charge in [0, 0.05) is 25.5 Å². The number of anilines is 1. The van der Waals surface area contributed by atoms with Crippen molar-refractivity contribution >= 4 is 17.4 Å². The summed E-state index contributed by atoms with van der Waals surface area (Å²) in [4.78, 5) is 21.8. The molecule has 0 aliphatic rings. The third-order valence-electron chi connectivity index (χ3n) is 4.05. The van der Waals surface area contributed by atoms with Gasteiger partial charge >= 0.3 is 0 Å². The molecule has 0 spiro atoms. The van der Waals surface area contributed by atoms with Crippen LogP contribution in [-0.2, 0) is 23.3 Å². The zero-order chi connectivity index (χ0) is 21.2. The average molecular weight is 403 g/mol. The predicted octanol–water partition coefficient (Wildman–Crippen LogP) is 2.32. The minimum Gasteiger partial charge on any atom is -0.389 e. The molecule has 2 heterocycles. The van der Waals surface area contributed by atoms with E-state index in [0.717, 1.165) is 5.56 Å². The van der Waals surface area contributed by atoms with Gasteiger partial charge in [0.15, 0.2) is 12.3 Å². The number of hydrogen-bond acceptors (Lipinski definition) is 7. The van der Waals surface area contributed by atoms with Crippen molar-refractivity contribution in [2.75, 3.05) is 5.32 Å². The number of unbranched alkanes of at least 4 members (excludes halogenated alkanes) is 1. The van der Waals surface area contributed by atoms with E-state index in [0.29, 0.717) is 42.3 Å². The van der Waals surface area contributed by atoms with Crippen molar-refractivity contribution in [1.29, 1.82) is 0 Å². The van der Waals surface area contributed by atoms with E-state index in [1.165, 1.54) is 4.68 Å². The summed E-state index contributed by atoms with van der Waals surface area (Å²) in [5.41, 5.74) is 1.93. The number of tetrazole rings is 1. The Morgan fingerprint density at radius 3 is 2.80 bits per heavy atom. The first-order valence-electron chi connectivity index (χ1n) is 9.34. The van der Waals surface area contributed by atoms with Gasteiger partial charge in [-0.1, -0.05) is 41.6 Å². The van der Waals surface area contributed by atoms with Gasteiger partial charge in [0.05, 0.1) is 5.69 Å². The summed E-state index contributed by atoms with van der Waals surface area (Å²) in [6.45, 7) is 0.114. The minimum absolute atomic E-state index is 0.114. The maximum absolute atomic E-state index is 11.9. The molecule has 9 heteroatoms. The monoisotopic (exact) mass is 403 g/mol. The highest BCUT2D eigenvalue weighted by molar-refractivity contribution is 6.10. The topological polar surface area (TPSA) is 107 Å². The lowest BCUT2D eigenvalue weighted by Crippen LogP contribution is -2.13. The molecule has 1 N–H and O–H groups in total. The number of aryl methyl sites for hydroxylation is 1. The van der Waals surface area contributed by atoms with E-state index in [-0.39, 0.29) is 12.5 Å². The fourth-order valence-corrected chi connectivity index (χ4v) is 2.60. The second-order valence-corrected chi connectivity index (χ2v) is 6.33. The molecule has 0 fully saturated rings. The highest BCUT2D eigenvalue weighted by Crippen LogP contribution is 2.11. The molecule has 1 amide bonds. The minimum atomic E-state index is -0.130. The summed E-state index contributed by atoms with van der Waals surface area (Å²) in [5, 5.41) is 18.5. The summed E-state index contributed by atoms with van der Waals surface area (Å²) >= 11 is 0. The van der Waals surface area contributed by atoms with Crippen molar-refractivity contribution in [3.8, 4) is 12.3 Å². The highest BCUT2D eigenvalue weighted by atomic mass is 16.6. The van der Waals surface area contributed by atoms with Crippen LogP contribution in [0.1, 0.15) is 36.3 Å². The molecule has 0 radical (unpaired) electrons. The number of carbonyl (C=O) groups is 1. The van der Waals surface area contributed by atoms with Crippen LogP contribution in [0.5, 0.6) is 0 Å². The molecule has 3 aromatic rings. The molecule has 152 valence electrons. The number of hydrogen-bond donors (Lipinski definition) is 1. The third-order valence-corrected chi connectivity index (χ3v) is 4.05. The molecule has 0 aliphatic heterocycles. The van der Waals surface area contributed by atoms with Crippen LogP contribution in [0, 0.1) is 12.3 Å². The lowest BCUT2D eigenvalue weighted by molar-refractivity contribution is -0.116. The Bertz CT molecular complexity index is 1050. The van der Waals surface area contributed by atoms with Crippen molar-refractivity contribution < 1.29 is 9.63 Å². The number of nitrogens with one attached hydrogen (secondary N) is 1. The van der Waals surface area contributed by atoms with E-state index >= 15 is 0 Å². The van der Waals surface area contributed by atoms with Gasteiger partial charge in [-0.25, -0.2) is 9.67 Å². The van der Waals surface area contributed by atoms with Crippen LogP contribution in [-0.4, -0.2) is 36.8 Å². The van der Waals surface area contributed by atoms with Crippen LogP contribution in [0.15, 0.2) is 53.7 Å². The molecule has 9 nitrogen and oxygen atoms in total. The number of amides is 1. The van der Waals surface area contributed by atoms with Crippen LogP contribution in [0.4, 0.5) is 5.82 Å². The summed E-state index contributed by atoms with van der Waals surface area (Å²) in [7, 11) is 1.73. The highest BCUT2D eigenvalue weighted by Gasteiger charge is 2.14. The number of oxime groups is 1. The van der Waals surface area contributed by atoms with Gasteiger partial charge in [-0.05, 0) is 29.0 Å². The van der Waals surface area contributed by atoms with Crippen molar-refractivity contribution in [2.24, 2.45) is 12.2 Å². The molecule has 3 rings (SSSR count). The van der Waals surface area contributed by atoms with E-state index in [1.807, 2.05) is 30.3 Å². The summed E-state index contributed by atoms with van der Waals surface area (Å²) in [5.74, 6) is 3.31. The van der Waals surface area contributed by atoms with Crippen molar-refractivity contribution in [1.82, 2.24) is 25.2 Å². The Hall–Kier alpha value is -4.06. The number of terminal acetylenes is 1. The Kier molecular flexibility index (Phi) is 7.22. The number of nitrogens with zero attached hydrogens (tertiary/aromatic N) is 6. The van der Waals surface area contributed by atoms with Crippen LogP contribution in [0.25, 0.3) is 0 Å². The molecular weight excluding hydrogens is 382 g/mol. The largest absolute Gasteiger partial charge is 0.389 e. The standard InChI is InChI=1S/C21H21N7O2/c1-3-4-6-14-19(29)23-18-13-9-12-17(22-18)15-30-25-20(16-10-7-5-8-11-16)21-24-26-27-28(21)2/h1,5,7-13H,4,6,14-15H2,2H3,(H,22,23,29). The lowest BCUT2D eigenvalue weighted by Gasteiger charge is -2.07. The molecular formula is C21H21N7O2. The van der Waals surface area contributed by atoms with Gasteiger partial charge in [-0.3, -0.25) is 4.79 Å². The molecule has 0 atom stereocenters. The summed E-state index contributed by atoms with van der Waals surface area (Å²) in [6, 6.07) is 14.8. The van der Waals surface area contributed by atoms with E-state index < -0.39 is 0 Å². The first kappa shape index (κ1) is 20.7. The summed E-state index contributed by atoms with van der Waals surface area (Å²) < 4.78 is 1.52. The second-order valence-electron chi connectivity index (χ2n) is 6.33. The van der Waals surface area contributed by atoms with Gasteiger partial charge in [0.1, 0.15) is 5.82 Å². The van der Waals surface area contributed by atoms with Gasteiger partial charge in [-0.2, -0.15) is 0 Å². The average Bonchev–Trinajstić information content (AvgIpc) is 3.18. The smallest absolute Gasteiger partial charge is 0.225 e. The zero-order valence-corrected chi connectivity index (χ0v) is 16.5. The second kappa shape index (κ2) is 10.5. The molecule has 30 heavy (non-hydrogen) atoms. The molecule has 1 aromatic carbocycles. The van der Waals surface area contributed by atoms with E-state index in [4.69, 9.17) is 11.3 Å². The SMILES string of the molecule is C#CCCCC(=O)Nc1cccc(CON=C(c2ccccc2)c2nnnn2C)n1. The molecule has 0 saturated carbocycles. The molecule has 0 unspecified atom stereocenters. The lowest BCUT2D eigenvalue weighted by atomic mass is 10.1. The number of carbonyl (C=O) groups excluding carboxylic acids is 1. The van der Waals surface area contributed by atoms with E-state index in [1.54, 1.807) is 25.2 Å². The van der Waals surface area contributed by atoms with Gasteiger partial charge < -0.3 is 10.2 Å². The van der Waals surface area contributed by atoms with Gasteiger partial charge in [0.2, 0.25) is 11.7 Å². The van der Waals surface area contributed by atoms with Crippen molar-refractivity contribution in [3.63, 3.8) is 0 Å². The number of aromatic nitrogens is 5. The van der Waals surface area contributed by atoms with Crippen LogP contribution < -0.4 is 5.32 Å². The Labute approximate surface area is 174 Å². The van der Waals surface area contributed by atoms with Gasteiger partial charge in [-0.15, -0.1) is 17.4 Å². The fourth-order valence-electron chi connectivity index (χ4n) is 2.60. The maximum atomic E-state index is 11.9. The number of pyridine rings is 1. The van der Waals surface area contributed by atoms with E-state index in [9.17, 15) is 4.79 Å². The van der Waals surface area contributed by atoms with Crippen LogP contribution in [0.3, 0.4) is 0 Å². The zero-order valence-electron chi connectivity index (χ0n) is 16.5. The molecule has 0 saturated heterocycles. The first-order valence-corrected chi connectivity index (χ1v) is 9.34. The number of benzene rings is 1. The summed E-state index contributed by atoms with van der Waals surface area (Å²) in [6.07, 6.45) is 6.76. The predicted molar refractivity (Wildman–Crippen MR) is 111 cm³/mol. The quantitative estimate of drug-likeness (QED) is 0.254.